The van der Waals surface area contributed by atoms with Gasteiger partial charge in [0.2, 0.25) is 10.0 Å². The average Bonchev–Trinajstić information content (AvgIpc) is 3.05. The first-order valence-electron chi connectivity index (χ1n) is 8.22. The number of aromatic amines is 1. The Balaban J connectivity index is 1.59. The monoisotopic (exact) mass is 375 g/mol. The number of aromatic nitrogens is 3. The third-order valence-corrected chi connectivity index (χ3v) is 5.88. The number of anilines is 1. The molecule has 9 heteroatoms. The Morgan fingerprint density at radius 1 is 1.15 bits per heavy atom. The van der Waals surface area contributed by atoms with Gasteiger partial charge in [0.1, 0.15) is 5.69 Å². The van der Waals surface area contributed by atoms with E-state index >= 15 is 0 Å². The van der Waals surface area contributed by atoms with Gasteiger partial charge in [-0.1, -0.05) is 18.2 Å². The summed E-state index contributed by atoms with van der Waals surface area (Å²) in [7, 11) is -3.22. The molecule has 1 saturated heterocycles. The van der Waals surface area contributed by atoms with E-state index in [0.29, 0.717) is 37.4 Å². The minimum absolute atomic E-state index is 0.238. The number of hydrogen-bond donors (Lipinski definition) is 1. The number of H-pyrrole nitrogens is 1. The van der Waals surface area contributed by atoms with Gasteiger partial charge in [0.15, 0.2) is 11.6 Å². The zero-order valence-corrected chi connectivity index (χ0v) is 15.0. The summed E-state index contributed by atoms with van der Waals surface area (Å²) in [6, 6.07) is 9.06. The minimum atomic E-state index is -3.22. The topological polar surface area (TPSA) is 82.2 Å². The van der Waals surface area contributed by atoms with Gasteiger partial charge in [0.05, 0.1) is 11.8 Å². The predicted octanol–water partition coefficient (Wildman–Crippen LogP) is 1.85. The van der Waals surface area contributed by atoms with Gasteiger partial charge in [0.25, 0.3) is 0 Å². The maximum atomic E-state index is 14.7. The van der Waals surface area contributed by atoms with E-state index in [-0.39, 0.29) is 5.82 Å². The highest BCUT2D eigenvalue weighted by atomic mass is 32.2. The van der Waals surface area contributed by atoms with Crippen LogP contribution in [0.2, 0.25) is 0 Å². The molecule has 26 heavy (non-hydrogen) atoms. The quantitative estimate of drug-likeness (QED) is 0.755. The molecule has 0 aliphatic carbocycles. The second-order valence-corrected chi connectivity index (χ2v) is 8.28. The molecule has 1 aliphatic heterocycles. The summed E-state index contributed by atoms with van der Waals surface area (Å²) in [5.74, 6) is -0.205. The number of nitrogens with one attached hydrogen (secondary N) is 1. The molecule has 1 aromatic carbocycles. The molecule has 1 fully saturated rings. The lowest BCUT2D eigenvalue weighted by Gasteiger charge is -2.34. The van der Waals surface area contributed by atoms with Crippen LogP contribution in [0.1, 0.15) is 0 Å². The van der Waals surface area contributed by atoms with Crippen molar-refractivity contribution in [3.05, 3.63) is 42.3 Å². The molecule has 1 N–H and O–H groups in total. The molecule has 0 bridgehead atoms. The second kappa shape index (κ2) is 6.33. The lowest BCUT2D eigenvalue weighted by atomic mass is 10.1. The summed E-state index contributed by atoms with van der Waals surface area (Å²) in [4.78, 5) is 6.05. The summed E-state index contributed by atoms with van der Waals surface area (Å²) >= 11 is 0. The van der Waals surface area contributed by atoms with Crippen LogP contribution in [0.4, 0.5) is 10.2 Å². The van der Waals surface area contributed by atoms with Gasteiger partial charge >= 0.3 is 0 Å². The highest BCUT2D eigenvalue weighted by Crippen LogP contribution is 2.28. The maximum Gasteiger partial charge on any atom is 0.211 e. The van der Waals surface area contributed by atoms with Crippen molar-refractivity contribution < 1.29 is 12.8 Å². The molecule has 0 saturated carbocycles. The van der Waals surface area contributed by atoms with Crippen molar-refractivity contribution in [1.29, 1.82) is 0 Å². The fourth-order valence-corrected chi connectivity index (χ4v) is 4.03. The standard InChI is InChI=1S/C17H18FN5O2S/c1-26(24,25)23-8-6-22(7-9-23)17-14(18)10-12(11-19-17)16-13-4-2-3-5-15(13)20-21-16/h2-5,10-11H,6-9H2,1H3,(H,20,21). The van der Waals surface area contributed by atoms with Crippen molar-refractivity contribution in [2.75, 3.05) is 37.3 Å². The Labute approximate surface area is 150 Å². The average molecular weight is 375 g/mol. The van der Waals surface area contributed by atoms with E-state index < -0.39 is 15.8 Å². The Bertz CT molecular complexity index is 1060. The Morgan fingerprint density at radius 3 is 2.58 bits per heavy atom. The summed E-state index contributed by atoms with van der Waals surface area (Å²) < 4.78 is 39.3. The largest absolute Gasteiger partial charge is 0.352 e. The molecule has 0 radical (unpaired) electrons. The smallest absolute Gasteiger partial charge is 0.211 e. The van der Waals surface area contributed by atoms with Crippen molar-refractivity contribution in [3.8, 4) is 11.3 Å². The summed E-state index contributed by atoms with van der Waals surface area (Å²) in [5, 5.41) is 8.10. The molecule has 0 spiro atoms. The third kappa shape index (κ3) is 3.04. The number of sulfonamides is 1. The molecule has 3 heterocycles. The fourth-order valence-electron chi connectivity index (χ4n) is 3.21. The molecular formula is C17H18FN5O2S. The van der Waals surface area contributed by atoms with Crippen molar-refractivity contribution in [2.24, 2.45) is 0 Å². The number of rotatable bonds is 3. The first-order chi connectivity index (χ1) is 12.4. The Kier molecular flexibility index (Phi) is 4.12. The number of halogens is 1. The first-order valence-corrected chi connectivity index (χ1v) is 10.1. The maximum absolute atomic E-state index is 14.7. The van der Waals surface area contributed by atoms with Crippen molar-refractivity contribution >= 4 is 26.7 Å². The number of fused-ring (bicyclic) bond motifs is 1. The van der Waals surface area contributed by atoms with Gasteiger partial charge in [0, 0.05) is 43.3 Å². The SMILES string of the molecule is CS(=O)(=O)N1CCN(c2ncc(-c3n[nH]c4ccccc34)cc2F)CC1. The fraction of sp³-hybridized carbons (Fsp3) is 0.294. The molecule has 3 aromatic rings. The number of para-hydroxylation sites is 1. The molecule has 0 atom stereocenters. The minimum Gasteiger partial charge on any atom is -0.352 e. The van der Waals surface area contributed by atoms with E-state index in [4.69, 9.17) is 0 Å². The van der Waals surface area contributed by atoms with Crippen LogP contribution in [-0.4, -0.2) is 60.3 Å². The molecule has 2 aromatic heterocycles. The van der Waals surface area contributed by atoms with Gasteiger partial charge in [-0.2, -0.15) is 9.40 Å². The van der Waals surface area contributed by atoms with Crippen LogP contribution in [0.15, 0.2) is 36.5 Å². The van der Waals surface area contributed by atoms with Gasteiger partial charge in [-0.3, -0.25) is 5.10 Å². The normalized spacial score (nSPS) is 16.3. The van der Waals surface area contributed by atoms with E-state index in [0.717, 1.165) is 10.9 Å². The van der Waals surface area contributed by atoms with E-state index in [1.165, 1.54) is 16.6 Å². The molecule has 0 unspecified atom stereocenters. The van der Waals surface area contributed by atoms with Crippen molar-refractivity contribution in [1.82, 2.24) is 19.5 Å². The van der Waals surface area contributed by atoms with Crippen LogP contribution in [-0.2, 0) is 10.0 Å². The molecule has 4 rings (SSSR count). The number of piperazine rings is 1. The summed E-state index contributed by atoms with van der Waals surface area (Å²) in [6.45, 7) is 1.46. The lowest BCUT2D eigenvalue weighted by molar-refractivity contribution is 0.385. The molecule has 7 nitrogen and oxygen atoms in total. The van der Waals surface area contributed by atoms with Crippen LogP contribution in [0.25, 0.3) is 22.2 Å². The molecule has 0 amide bonds. The van der Waals surface area contributed by atoms with E-state index in [1.54, 1.807) is 11.1 Å². The zero-order valence-electron chi connectivity index (χ0n) is 14.2. The third-order valence-electron chi connectivity index (χ3n) is 4.57. The lowest BCUT2D eigenvalue weighted by Crippen LogP contribution is -2.48. The van der Waals surface area contributed by atoms with Gasteiger partial charge in [-0.15, -0.1) is 0 Å². The summed E-state index contributed by atoms with van der Waals surface area (Å²) in [6.07, 6.45) is 2.79. The van der Waals surface area contributed by atoms with Crippen LogP contribution >= 0.6 is 0 Å². The van der Waals surface area contributed by atoms with Crippen LogP contribution in [0, 0.1) is 5.82 Å². The Morgan fingerprint density at radius 2 is 1.88 bits per heavy atom. The molecular weight excluding hydrogens is 357 g/mol. The number of hydrogen-bond acceptors (Lipinski definition) is 5. The van der Waals surface area contributed by atoms with Crippen LogP contribution in [0.5, 0.6) is 0 Å². The van der Waals surface area contributed by atoms with E-state index in [2.05, 4.69) is 15.2 Å². The zero-order chi connectivity index (χ0) is 18.3. The van der Waals surface area contributed by atoms with E-state index in [9.17, 15) is 12.8 Å². The van der Waals surface area contributed by atoms with Gasteiger partial charge < -0.3 is 4.90 Å². The highest BCUT2D eigenvalue weighted by Gasteiger charge is 2.25. The van der Waals surface area contributed by atoms with Gasteiger partial charge in [-0.25, -0.2) is 17.8 Å². The van der Waals surface area contributed by atoms with Gasteiger partial charge in [-0.05, 0) is 12.1 Å². The predicted molar refractivity (Wildman–Crippen MR) is 97.9 cm³/mol. The van der Waals surface area contributed by atoms with Crippen LogP contribution in [0.3, 0.4) is 0 Å². The van der Waals surface area contributed by atoms with E-state index in [1.807, 2.05) is 24.3 Å². The summed E-state index contributed by atoms with van der Waals surface area (Å²) in [5.41, 5.74) is 2.13. The molecule has 136 valence electrons. The number of benzene rings is 1. The Hall–Kier alpha value is -2.52. The number of nitrogens with zero attached hydrogens (tertiary/aromatic N) is 4. The van der Waals surface area contributed by atoms with Crippen LogP contribution < -0.4 is 4.90 Å². The first kappa shape index (κ1) is 16.9. The van der Waals surface area contributed by atoms with Crippen molar-refractivity contribution in [2.45, 2.75) is 0 Å². The number of pyridine rings is 1. The second-order valence-electron chi connectivity index (χ2n) is 6.30. The highest BCUT2D eigenvalue weighted by molar-refractivity contribution is 7.88. The molecule has 1 aliphatic rings. The van der Waals surface area contributed by atoms with Crippen molar-refractivity contribution in [3.63, 3.8) is 0 Å².